The average molecular weight is 339 g/mol. The van der Waals surface area contributed by atoms with E-state index in [2.05, 4.69) is 14.2 Å². The van der Waals surface area contributed by atoms with E-state index in [-0.39, 0.29) is 6.61 Å². The molecule has 0 aliphatic heterocycles. The number of ether oxygens (including phenoxy) is 2. The second-order valence-corrected chi connectivity index (χ2v) is 7.39. The summed E-state index contributed by atoms with van der Waals surface area (Å²) >= 11 is 0. The van der Waals surface area contributed by atoms with Crippen molar-refractivity contribution >= 4 is 22.2 Å². The van der Waals surface area contributed by atoms with Crippen LogP contribution < -0.4 is 5.32 Å². The van der Waals surface area contributed by atoms with Gasteiger partial charge in [-0.2, -0.15) is 8.42 Å². The van der Waals surface area contributed by atoms with Crippen LogP contribution in [-0.4, -0.2) is 52.1 Å². The minimum absolute atomic E-state index is 0.0269. The molecule has 0 radical (unpaired) electrons. The SMILES string of the molecule is COC(=O)C(CCCCOS(C)(=O)=O)NC(=O)OC(C)(C)C. The lowest BCUT2D eigenvalue weighted by atomic mass is 10.1. The number of nitrogens with one attached hydrogen (secondary N) is 1. The number of hydrogen-bond acceptors (Lipinski definition) is 7. The zero-order valence-corrected chi connectivity index (χ0v) is 14.5. The first-order valence-corrected chi connectivity index (χ1v) is 8.68. The van der Waals surface area contributed by atoms with Gasteiger partial charge >= 0.3 is 12.1 Å². The van der Waals surface area contributed by atoms with Crippen molar-refractivity contribution in [1.82, 2.24) is 5.32 Å². The van der Waals surface area contributed by atoms with Gasteiger partial charge in [0.25, 0.3) is 10.1 Å². The molecule has 22 heavy (non-hydrogen) atoms. The third kappa shape index (κ3) is 11.3. The average Bonchev–Trinajstić information content (AvgIpc) is 2.32. The highest BCUT2D eigenvalue weighted by molar-refractivity contribution is 7.85. The van der Waals surface area contributed by atoms with E-state index in [0.717, 1.165) is 6.26 Å². The van der Waals surface area contributed by atoms with Gasteiger partial charge in [-0.1, -0.05) is 0 Å². The highest BCUT2D eigenvalue weighted by Gasteiger charge is 2.24. The molecule has 1 atom stereocenters. The molecule has 0 fully saturated rings. The van der Waals surface area contributed by atoms with Crippen LogP contribution in [0.15, 0.2) is 0 Å². The molecule has 1 N–H and O–H groups in total. The molecule has 0 aromatic rings. The zero-order chi connectivity index (χ0) is 17.4. The normalized spacial score (nSPS) is 13.3. The lowest BCUT2D eigenvalue weighted by molar-refractivity contribution is -0.143. The molecule has 1 unspecified atom stereocenters. The van der Waals surface area contributed by atoms with Crippen LogP contribution in [0.25, 0.3) is 0 Å². The van der Waals surface area contributed by atoms with Gasteiger partial charge in [-0.05, 0) is 40.0 Å². The first kappa shape index (κ1) is 20.6. The first-order chi connectivity index (χ1) is 9.94. The van der Waals surface area contributed by atoms with Crippen molar-refractivity contribution in [3.63, 3.8) is 0 Å². The molecule has 0 aliphatic carbocycles. The lowest BCUT2D eigenvalue weighted by Gasteiger charge is -2.22. The molecule has 0 spiro atoms. The summed E-state index contributed by atoms with van der Waals surface area (Å²) in [7, 11) is -2.25. The van der Waals surface area contributed by atoms with Gasteiger partial charge in [-0.3, -0.25) is 4.18 Å². The standard InChI is InChI=1S/C13H25NO7S/c1-13(2,3)21-12(16)14-10(11(15)19-4)8-6-7-9-20-22(5,17)18/h10H,6-9H2,1-5H3,(H,14,16). The molecular weight excluding hydrogens is 314 g/mol. The van der Waals surface area contributed by atoms with Gasteiger partial charge < -0.3 is 14.8 Å². The number of rotatable bonds is 8. The highest BCUT2D eigenvalue weighted by atomic mass is 32.2. The second kappa shape index (κ2) is 8.94. The maximum atomic E-state index is 11.7. The van der Waals surface area contributed by atoms with Crippen molar-refractivity contribution in [2.24, 2.45) is 0 Å². The highest BCUT2D eigenvalue weighted by Crippen LogP contribution is 2.09. The van der Waals surface area contributed by atoms with Crippen LogP contribution in [0, 0.1) is 0 Å². The Labute approximate surface area is 131 Å². The van der Waals surface area contributed by atoms with E-state index in [1.807, 2.05) is 0 Å². The molecule has 0 aromatic heterocycles. The van der Waals surface area contributed by atoms with E-state index in [1.54, 1.807) is 20.8 Å². The van der Waals surface area contributed by atoms with Crippen LogP contribution in [-0.2, 0) is 28.6 Å². The summed E-state index contributed by atoms with van der Waals surface area (Å²) in [5.41, 5.74) is -0.673. The number of carbonyl (C=O) groups excluding carboxylic acids is 2. The Morgan fingerprint density at radius 1 is 1.18 bits per heavy atom. The number of hydrogen-bond donors (Lipinski definition) is 1. The van der Waals surface area contributed by atoms with Crippen molar-refractivity contribution in [3.05, 3.63) is 0 Å². The van der Waals surface area contributed by atoms with Gasteiger partial charge in [0.15, 0.2) is 0 Å². The van der Waals surface area contributed by atoms with E-state index in [1.165, 1.54) is 7.11 Å². The van der Waals surface area contributed by atoms with Crippen LogP contribution in [0.2, 0.25) is 0 Å². The van der Waals surface area contributed by atoms with Crippen LogP contribution in [0.1, 0.15) is 40.0 Å². The van der Waals surface area contributed by atoms with Gasteiger partial charge in [0.05, 0.1) is 20.0 Å². The van der Waals surface area contributed by atoms with Gasteiger partial charge in [0.2, 0.25) is 0 Å². The summed E-state index contributed by atoms with van der Waals surface area (Å²) in [5.74, 6) is -0.588. The third-order valence-electron chi connectivity index (χ3n) is 2.36. The molecule has 0 bridgehead atoms. The number of carbonyl (C=O) groups is 2. The Morgan fingerprint density at radius 3 is 2.23 bits per heavy atom. The summed E-state index contributed by atoms with van der Waals surface area (Å²) < 4.78 is 35.9. The number of esters is 1. The van der Waals surface area contributed by atoms with Crippen molar-refractivity contribution in [3.8, 4) is 0 Å². The molecule has 8 nitrogen and oxygen atoms in total. The van der Waals surface area contributed by atoms with Gasteiger partial charge in [0.1, 0.15) is 11.6 Å². The third-order valence-corrected chi connectivity index (χ3v) is 2.96. The maximum Gasteiger partial charge on any atom is 0.408 e. The van der Waals surface area contributed by atoms with Crippen LogP contribution in [0.4, 0.5) is 4.79 Å². The van der Waals surface area contributed by atoms with Crippen LogP contribution in [0.5, 0.6) is 0 Å². The van der Waals surface area contributed by atoms with Crippen molar-refractivity contribution in [1.29, 1.82) is 0 Å². The molecule has 9 heteroatoms. The molecule has 130 valence electrons. The summed E-state index contributed by atoms with van der Waals surface area (Å²) in [6.45, 7) is 5.16. The van der Waals surface area contributed by atoms with Crippen molar-refractivity contribution < 1.29 is 31.7 Å². The number of unbranched alkanes of at least 4 members (excludes halogenated alkanes) is 1. The lowest BCUT2D eigenvalue weighted by Crippen LogP contribution is -2.44. The summed E-state index contributed by atoms with van der Waals surface area (Å²) in [6, 6.07) is -0.849. The predicted molar refractivity (Wildman–Crippen MR) is 79.8 cm³/mol. The Bertz CT molecular complexity index is 467. The summed E-state index contributed by atoms with van der Waals surface area (Å²) in [5, 5.41) is 2.44. The van der Waals surface area contributed by atoms with Gasteiger partial charge in [-0.15, -0.1) is 0 Å². The van der Waals surface area contributed by atoms with Crippen LogP contribution in [0.3, 0.4) is 0 Å². The van der Waals surface area contributed by atoms with Gasteiger partial charge in [-0.25, -0.2) is 9.59 Å². The fourth-order valence-electron chi connectivity index (χ4n) is 1.50. The predicted octanol–water partition coefficient (Wildman–Crippen LogP) is 1.20. The van der Waals surface area contributed by atoms with E-state index in [9.17, 15) is 18.0 Å². The summed E-state index contributed by atoms with van der Waals surface area (Å²) in [6.07, 6.45) is 1.45. The molecule has 0 aliphatic rings. The minimum atomic E-state index is -3.47. The van der Waals surface area contributed by atoms with E-state index in [4.69, 9.17) is 4.74 Å². The van der Waals surface area contributed by atoms with Gasteiger partial charge in [0, 0.05) is 0 Å². The largest absolute Gasteiger partial charge is 0.467 e. The van der Waals surface area contributed by atoms with E-state index in [0.29, 0.717) is 19.3 Å². The number of amides is 1. The molecular formula is C13H25NO7S. The fraction of sp³-hybridized carbons (Fsp3) is 0.846. The Morgan fingerprint density at radius 2 is 1.77 bits per heavy atom. The fourth-order valence-corrected chi connectivity index (χ4v) is 1.92. The van der Waals surface area contributed by atoms with Crippen molar-refractivity contribution in [2.75, 3.05) is 20.0 Å². The monoisotopic (exact) mass is 339 g/mol. The number of methoxy groups -OCH3 is 1. The summed E-state index contributed by atoms with van der Waals surface area (Å²) in [4.78, 5) is 23.3. The maximum absolute atomic E-state index is 11.7. The molecule has 0 saturated heterocycles. The number of alkyl carbamates (subject to hydrolysis) is 1. The first-order valence-electron chi connectivity index (χ1n) is 6.86. The van der Waals surface area contributed by atoms with Crippen molar-refractivity contribution in [2.45, 2.75) is 51.7 Å². The van der Waals surface area contributed by atoms with Crippen LogP contribution >= 0.6 is 0 Å². The topological polar surface area (TPSA) is 108 Å². The molecule has 1 amide bonds. The Hall–Kier alpha value is -1.35. The van der Waals surface area contributed by atoms with E-state index < -0.39 is 33.8 Å². The minimum Gasteiger partial charge on any atom is -0.467 e. The molecule has 0 rings (SSSR count). The van der Waals surface area contributed by atoms with E-state index >= 15 is 0 Å². The molecule has 0 aromatic carbocycles. The molecule has 0 saturated carbocycles. The Balaban J connectivity index is 4.30. The smallest absolute Gasteiger partial charge is 0.408 e. The zero-order valence-electron chi connectivity index (χ0n) is 13.7. The quantitative estimate of drug-likeness (QED) is 0.402. The second-order valence-electron chi connectivity index (χ2n) is 5.74. The molecule has 0 heterocycles. The Kier molecular flexibility index (Phi) is 8.39.